The summed E-state index contributed by atoms with van der Waals surface area (Å²) in [6, 6.07) is 9.33. The first-order valence-electron chi connectivity index (χ1n) is 5.65. The van der Waals surface area contributed by atoms with Crippen LogP contribution in [0.3, 0.4) is 0 Å². The Morgan fingerprint density at radius 3 is 2.26 bits per heavy atom. The van der Waals surface area contributed by atoms with Gasteiger partial charge >= 0.3 is 5.97 Å². The topological polar surface area (TPSA) is 59.3 Å². The van der Waals surface area contributed by atoms with Crippen molar-refractivity contribution in [2.75, 3.05) is 0 Å². The Kier molecular flexibility index (Phi) is 3.57. The number of hydrogen-bond donors (Lipinski definition) is 1. The molecule has 98 valence electrons. The third-order valence-electron chi connectivity index (χ3n) is 3.00. The zero-order valence-corrected chi connectivity index (χ0v) is 12.1. The van der Waals surface area contributed by atoms with E-state index in [1.165, 1.54) is 0 Å². The second-order valence-electron chi connectivity index (χ2n) is 4.17. The van der Waals surface area contributed by atoms with E-state index in [1.54, 1.807) is 18.4 Å². The summed E-state index contributed by atoms with van der Waals surface area (Å²) in [4.78, 5) is 23.2. The van der Waals surface area contributed by atoms with Crippen molar-refractivity contribution in [1.29, 1.82) is 0 Å². The molecule has 0 amide bonds. The molecule has 0 radical (unpaired) electrons. The number of carbonyl (C=O) groups is 1. The standard InChI is InChI=1S/C14H12BrNO3/c1-8-11(14(18)19)13(17)12(15)9(2)16(8)10-6-4-3-5-7-10/h3-7H,1-2H3,(H,18,19). The molecule has 1 aromatic carbocycles. The highest BCUT2D eigenvalue weighted by molar-refractivity contribution is 9.10. The van der Waals surface area contributed by atoms with Gasteiger partial charge in [0.1, 0.15) is 5.56 Å². The van der Waals surface area contributed by atoms with E-state index in [9.17, 15) is 14.7 Å². The molecule has 1 heterocycles. The number of nitrogens with zero attached hydrogens (tertiary/aromatic N) is 1. The highest BCUT2D eigenvalue weighted by atomic mass is 79.9. The molecule has 0 atom stereocenters. The Balaban J connectivity index is 2.90. The zero-order chi connectivity index (χ0) is 14.2. The van der Waals surface area contributed by atoms with E-state index in [0.29, 0.717) is 11.4 Å². The van der Waals surface area contributed by atoms with Crippen molar-refractivity contribution in [2.45, 2.75) is 13.8 Å². The molecule has 2 aromatic rings. The van der Waals surface area contributed by atoms with E-state index in [2.05, 4.69) is 15.9 Å². The van der Waals surface area contributed by atoms with Gasteiger partial charge in [0.15, 0.2) is 0 Å². The van der Waals surface area contributed by atoms with Gasteiger partial charge in [0, 0.05) is 17.1 Å². The van der Waals surface area contributed by atoms with Crippen molar-refractivity contribution in [3.8, 4) is 5.69 Å². The van der Waals surface area contributed by atoms with E-state index >= 15 is 0 Å². The first-order chi connectivity index (χ1) is 8.95. The van der Waals surface area contributed by atoms with Crippen molar-refractivity contribution >= 4 is 21.9 Å². The molecule has 0 saturated heterocycles. The smallest absolute Gasteiger partial charge is 0.341 e. The van der Waals surface area contributed by atoms with Gasteiger partial charge in [-0.25, -0.2) is 4.79 Å². The Morgan fingerprint density at radius 1 is 1.16 bits per heavy atom. The Bertz CT molecular complexity index is 705. The molecule has 1 N–H and O–H groups in total. The van der Waals surface area contributed by atoms with E-state index < -0.39 is 11.4 Å². The second-order valence-corrected chi connectivity index (χ2v) is 4.96. The van der Waals surface area contributed by atoms with E-state index in [4.69, 9.17) is 0 Å². The first kappa shape index (κ1) is 13.5. The summed E-state index contributed by atoms with van der Waals surface area (Å²) in [5.41, 5.74) is 1.22. The van der Waals surface area contributed by atoms with Crippen molar-refractivity contribution in [3.63, 3.8) is 0 Å². The van der Waals surface area contributed by atoms with Gasteiger partial charge in [0.2, 0.25) is 5.43 Å². The molecule has 0 aliphatic rings. The summed E-state index contributed by atoms with van der Waals surface area (Å²) < 4.78 is 2.04. The molecule has 0 saturated carbocycles. The summed E-state index contributed by atoms with van der Waals surface area (Å²) in [5, 5.41) is 9.20. The monoisotopic (exact) mass is 321 g/mol. The molecule has 0 spiro atoms. The molecule has 19 heavy (non-hydrogen) atoms. The average molecular weight is 322 g/mol. The van der Waals surface area contributed by atoms with Crippen molar-refractivity contribution in [3.05, 3.63) is 62.0 Å². The van der Waals surface area contributed by atoms with Gasteiger partial charge in [-0.3, -0.25) is 4.79 Å². The predicted molar refractivity (Wildman–Crippen MR) is 76.2 cm³/mol. The lowest BCUT2D eigenvalue weighted by Crippen LogP contribution is -2.24. The number of carboxylic acids is 1. The highest BCUT2D eigenvalue weighted by Gasteiger charge is 2.20. The van der Waals surface area contributed by atoms with Gasteiger partial charge in [-0.1, -0.05) is 18.2 Å². The van der Waals surface area contributed by atoms with E-state index in [-0.39, 0.29) is 10.0 Å². The fraction of sp³-hybridized carbons (Fsp3) is 0.143. The summed E-state index contributed by atoms with van der Waals surface area (Å²) in [5.74, 6) is -1.21. The van der Waals surface area contributed by atoms with Gasteiger partial charge in [0.25, 0.3) is 0 Å². The Hall–Kier alpha value is -1.88. The molecule has 0 unspecified atom stereocenters. The second kappa shape index (κ2) is 5.01. The van der Waals surface area contributed by atoms with Crippen LogP contribution in [0.25, 0.3) is 5.69 Å². The third-order valence-corrected chi connectivity index (χ3v) is 3.94. The lowest BCUT2D eigenvalue weighted by atomic mass is 10.1. The summed E-state index contributed by atoms with van der Waals surface area (Å²) in [7, 11) is 0. The minimum absolute atomic E-state index is 0.207. The number of carboxylic acid groups (broad SMARTS) is 1. The molecule has 1 aromatic heterocycles. The number of pyridine rings is 1. The predicted octanol–water partition coefficient (Wildman–Crippen LogP) is 2.92. The molecule has 0 aliphatic carbocycles. The van der Waals surface area contributed by atoms with Crippen molar-refractivity contribution in [2.24, 2.45) is 0 Å². The van der Waals surface area contributed by atoms with Gasteiger partial charge < -0.3 is 9.67 Å². The van der Waals surface area contributed by atoms with Crippen molar-refractivity contribution < 1.29 is 9.90 Å². The number of para-hydroxylation sites is 1. The summed E-state index contributed by atoms with van der Waals surface area (Å²) in [6.07, 6.45) is 0. The lowest BCUT2D eigenvalue weighted by molar-refractivity contribution is 0.0693. The van der Waals surface area contributed by atoms with E-state index in [1.807, 2.05) is 30.3 Å². The Morgan fingerprint density at radius 2 is 1.74 bits per heavy atom. The largest absolute Gasteiger partial charge is 0.477 e. The number of hydrogen-bond acceptors (Lipinski definition) is 2. The average Bonchev–Trinajstić information content (AvgIpc) is 2.37. The van der Waals surface area contributed by atoms with Gasteiger partial charge in [0.05, 0.1) is 4.47 Å². The fourth-order valence-corrected chi connectivity index (χ4v) is 2.49. The number of halogens is 1. The molecule has 4 nitrogen and oxygen atoms in total. The lowest BCUT2D eigenvalue weighted by Gasteiger charge is -2.17. The Labute approximate surface area is 118 Å². The van der Waals surface area contributed by atoms with Crippen LogP contribution in [-0.2, 0) is 0 Å². The van der Waals surface area contributed by atoms with Gasteiger partial charge in [-0.15, -0.1) is 0 Å². The summed E-state index contributed by atoms with van der Waals surface area (Å²) >= 11 is 3.18. The molecule has 5 heteroatoms. The van der Waals surface area contributed by atoms with Gasteiger partial charge in [-0.2, -0.15) is 0 Å². The van der Waals surface area contributed by atoms with Crippen LogP contribution >= 0.6 is 15.9 Å². The van der Waals surface area contributed by atoms with Crippen LogP contribution in [0.4, 0.5) is 0 Å². The minimum Gasteiger partial charge on any atom is -0.477 e. The SMILES string of the molecule is Cc1c(Br)c(=O)c(C(=O)O)c(C)n1-c1ccccc1. The minimum atomic E-state index is -1.21. The van der Waals surface area contributed by atoms with Crippen LogP contribution in [0.1, 0.15) is 21.7 Å². The molecule has 0 fully saturated rings. The molecular weight excluding hydrogens is 310 g/mol. The molecular formula is C14H12BrNO3. The van der Waals surface area contributed by atoms with Crippen LogP contribution in [0, 0.1) is 13.8 Å². The van der Waals surface area contributed by atoms with Crippen LogP contribution in [0.2, 0.25) is 0 Å². The number of aromatic nitrogens is 1. The normalized spacial score (nSPS) is 10.5. The third kappa shape index (κ3) is 2.21. The van der Waals surface area contributed by atoms with E-state index in [0.717, 1.165) is 5.69 Å². The first-order valence-corrected chi connectivity index (χ1v) is 6.45. The quantitative estimate of drug-likeness (QED) is 0.925. The maximum absolute atomic E-state index is 12.0. The van der Waals surface area contributed by atoms with Crippen LogP contribution in [0.5, 0.6) is 0 Å². The molecule has 2 rings (SSSR count). The van der Waals surface area contributed by atoms with Crippen LogP contribution in [0.15, 0.2) is 39.6 Å². The summed E-state index contributed by atoms with van der Waals surface area (Å²) in [6.45, 7) is 3.41. The number of rotatable bonds is 2. The zero-order valence-electron chi connectivity index (χ0n) is 10.5. The highest BCUT2D eigenvalue weighted by Crippen LogP contribution is 2.21. The maximum Gasteiger partial charge on any atom is 0.341 e. The van der Waals surface area contributed by atoms with Gasteiger partial charge in [-0.05, 0) is 41.9 Å². The number of aromatic carboxylic acids is 1. The maximum atomic E-state index is 12.0. The molecule has 0 aliphatic heterocycles. The van der Waals surface area contributed by atoms with Crippen molar-refractivity contribution in [1.82, 2.24) is 4.57 Å². The number of benzene rings is 1. The van der Waals surface area contributed by atoms with Crippen LogP contribution < -0.4 is 5.43 Å². The molecule has 0 bridgehead atoms. The van der Waals surface area contributed by atoms with Crippen LogP contribution in [-0.4, -0.2) is 15.6 Å². The fourth-order valence-electron chi connectivity index (χ4n) is 2.12.